The molecule has 0 N–H and O–H groups in total. The average Bonchev–Trinajstić information content (AvgIpc) is 2.69. The molecular formula is C16H13FO3S. The van der Waals surface area contributed by atoms with E-state index < -0.39 is 9.84 Å². The Bertz CT molecular complexity index is 821. The maximum Gasteiger partial charge on any atom is 0.200 e. The Morgan fingerprint density at radius 3 is 2.52 bits per heavy atom. The average molecular weight is 304 g/mol. The molecule has 1 heterocycles. The third-order valence-electron chi connectivity index (χ3n) is 3.29. The highest BCUT2D eigenvalue weighted by Gasteiger charge is 2.27. The molecule has 0 spiro atoms. The first-order valence-electron chi connectivity index (χ1n) is 6.41. The van der Waals surface area contributed by atoms with Crippen LogP contribution in [0.5, 0.6) is 5.75 Å². The zero-order valence-corrected chi connectivity index (χ0v) is 12.2. The van der Waals surface area contributed by atoms with Gasteiger partial charge in [0.05, 0.1) is 4.90 Å². The van der Waals surface area contributed by atoms with Crippen LogP contribution in [0.15, 0.2) is 52.8 Å². The fourth-order valence-corrected chi connectivity index (χ4v) is 3.71. The van der Waals surface area contributed by atoms with Gasteiger partial charge in [-0.15, -0.1) is 0 Å². The van der Waals surface area contributed by atoms with Crippen LogP contribution in [-0.2, 0) is 9.84 Å². The Hall–Kier alpha value is -2.14. The minimum absolute atomic E-state index is 0.126. The molecule has 0 saturated heterocycles. The van der Waals surface area contributed by atoms with Crippen molar-refractivity contribution in [2.45, 2.75) is 11.8 Å². The first-order valence-corrected chi connectivity index (χ1v) is 7.95. The van der Waals surface area contributed by atoms with Crippen LogP contribution < -0.4 is 4.74 Å². The van der Waals surface area contributed by atoms with Gasteiger partial charge < -0.3 is 4.74 Å². The summed E-state index contributed by atoms with van der Waals surface area (Å²) in [6.45, 7) is 2.03. The molecule has 1 aliphatic heterocycles. The molecule has 21 heavy (non-hydrogen) atoms. The Labute approximate surface area is 122 Å². The van der Waals surface area contributed by atoms with Gasteiger partial charge in [-0.25, -0.2) is 12.8 Å². The zero-order valence-electron chi connectivity index (χ0n) is 11.3. The molecule has 0 fully saturated rings. The maximum absolute atomic E-state index is 12.8. The summed E-state index contributed by atoms with van der Waals surface area (Å²) in [6, 6.07) is 10.8. The van der Waals surface area contributed by atoms with Crippen LogP contribution in [0.1, 0.15) is 11.1 Å². The summed E-state index contributed by atoms with van der Waals surface area (Å²) in [6.07, 6.45) is 0. The zero-order chi connectivity index (χ0) is 15.0. The summed E-state index contributed by atoms with van der Waals surface area (Å²) in [5.41, 5.74) is 2.27. The maximum atomic E-state index is 12.8. The van der Waals surface area contributed by atoms with E-state index in [4.69, 9.17) is 4.74 Å². The molecule has 3 nitrogen and oxygen atoms in total. The summed E-state index contributed by atoms with van der Waals surface area (Å²) in [5, 5.41) is 1.24. The highest BCUT2D eigenvalue weighted by atomic mass is 32.2. The van der Waals surface area contributed by atoms with Crippen molar-refractivity contribution in [1.29, 1.82) is 0 Å². The number of fused-ring (bicyclic) bond motifs is 1. The van der Waals surface area contributed by atoms with Gasteiger partial charge in [0.25, 0.3) is 0 Å². The summed E-state index contributed by atoms with van der Waals surface area (Å²) in [5.74, 6) is 0.154. The van der Waals surface area contributed by atoms with Gasteiger partial charge in [0.1, 0.15) is 18.2 Å². The number of sulfone groups is 1. The number of aryl methyl sites for hydroxylation is 1. The third kappa shape index (κ3) is 2.69. The van der Waals surface area contributed by atoms with Crippen molar-refractivity contribution in [2.75, 3.05) is 6.61 Å². The van der Waals surface area contributed by atoms with Crippen LogP contribution in [-0.4, -0.2) is 15.0 Å². The van der Waals surface area contributed by atoms with E-state index in [2.05, 4.69) is 0 Å². The molecule has 1 aliphatic rings. The molecule has 0 aromatic heterocycles. The predicted molar refractivity (Wildman–Crippen MR) is 78.2 cm³/mol. The van der Waals surface area contributed by atoms with E-state index in [1.165, 1.54) is 29.7 Å². The van der Waals surface area contributed by atoms with E-state index in [-0.39, 0.29) is 12.4 Å². The molecule has 0 bridgehead atoms. The fraction of sp³-hybridized carbons (Fsp3) is 0.125. The molecule has 2 aromatic rings. The molecule has 0 radical (unpaired) electrons. The fourth-order valence-electron chi connectivity index (χ4n) is 2.26. The number of rotatable bonds is 3. The lowest BCUT2D eigenvalue weighted by atomic mass is 10.1. The summed E-state index contributed by atoms with van der Waals surface area (Å²) >= 11 is 0. The Kier molecular flexibility index (Phi) is 3.29. The molecule has 0 unspecified atom stereocenters. The van der Waals surface area contributed by atoms with Gasteiger partial charge in [-0.1, -0.05) is 17.7 Å². The molecule has 0 aliphatic carbocycles. The van der Waals surface area contributed by atoms with Gasteiger partial charge in [0, 0.05) is 16.5 Å². The standard InChI is InChI=1S/C16H13FO3S/c1-11-2-7-16-15(8-11)12(10-21(16,18)19)9-20-14-5-3-13(17)4-6-14/h2-8,10H,9H2,1H3. The van der Waals surface area contributed by atoms with E-state index in [0.29, 0.717) is 21.8 Å². The van der Waals surface area contributed by atoms with Crippen LogP contribution in [0, 0.1) is 12.7 Å². The molecule has 108 valence electrons. The molecule has 0 atom stereocenters. The smallest absolute Gasteiger partial charge is 0.200 e. The summed E-state index contributed by atoms with van der Waals surface area (Å²) in [4.78, 5) is 0.311. The second-order valence-electron chi connectivity index (χ2n) is 4.93. The minimum Gasteiger partial charge on any atom is -0.489 e. The first kappa shape index (κ1) is 13.8. The van der Waals surface area contributed by atoms with Crippen molar-refractivity contribution in [2.24, 2.45) is 0 Å². The monoisotopic (exact) mass is 304 g/mol. The number of hydrogen-bond acceptors (Lipinski definition) is 3. The quantitative estimate of drug-likeness (QED) is 0.873. The molecule has 5 heteroatoms. The molecule has 0 saturated carbocycles. The van der Waals surface area contributed by atoms with E-state index in [9.17, 15) is 12.8 Å². The highest BCUT2D eigenvalue weighted by Crippen LogP contribution is 2.34. The van der Waals surface area contributed by atoms with Crippen molar-refractivity contribution >= 4 is 15.4 Å². The van der Waals surface area contributed by atoms with Gasteiger partial charge in [-0.3, -0.25) is 0 Å². The number of hydrogen-bond donors (Lipinski definition) is 0. The van der Waals surface area contributed by atoms with Gasteiger partial charge in [0.15, 0.2) is 0 Å². The van der Waals surface area contributed by atoms with E-state index in [0.717, 1.165) is 5.56 Å². The lowest BCUT2D eigenvalue weighted by Gasteiger charge is -2.08. The van der Waals surface area contributed by atoms with Crippen molar-refractivity contribution in [3.8, 4) is 5.75 Å². The van der Waals surface area contributed by atoms with Gasteiger partial charge in [-0.2, -0.15) is 0 Å². The molecule has 0 amide bonds. The largest absolute Gasteiger partial charge is 0.489 e. The molecular weight excluding hydrogens is 291 g/mol. The Morgan fingerprint density at radius 2 is 1.81 bits per heavy atom. The Balaban J connectivity index is 1.87. The van der Waals surface area contributed by atoms with Gasteiger partial charge >= 0.3 is 0 Å². The number of benzene rings is 2. The summed E-state index contributed by atoms with van der Waals surface area (Å²) in [7, 11) is -3.38. The summed E-state index contributed by atoms with van der Waals surface area (Å²) < 4.78 is 42.5. The highest BCUT2D eigenvalue weighted by molar-refractivity contribution is 7.95. The van der Waals surface area contributed by atoms with Crippen LogP contribution in [0.4, 0.5) is 4.39 Å². The van der Waals surface area contributed by atoms with Gasteiger partial charge in [-0.05, 0) is 37.3 Å². The van der Waals surface area contributed by atoms with Crippen LogP contribution >= 0.6 is 0 Å². The predicted octanol–water partition coefficient (Wildman–Crippen LogP) is 3.34. The third-order valence-corrected chi connectivity index (χ3v) is 4.86. The lowest BCUT2D eigenvalue weighted by Crippen LogP contribution is -2.00. The molecule has 2 aromatic carbocycles. The number of ether oxygens (including phenoxy) is 1. The van der Waals surface area contributed by atoms with Crippen molar-refractivity contribution in [1.82, 2.24) is 0 Å². The molecule has 3 rings (SSSR count). The number of halogens is 1. The SMILES string of the molecule is Cc1ccc2c(c1)C(COc1ccc(F)cc1)=CS2(=O)=O. The van der Waals surface area contributed by atoms with Crippen molar-refractivity contribution < 1.29 is 17.5 Å². The minimum atomic E-state index is -3.38. The second kappa shape index (κ2) is 5.00. The Morgan fingerprint density at radius 1 is 1.10 bits per heavy atom. The van der Waals surface area contributed by atoms with Crippen molar-refractivity contribution in [3.05, 3.63) is 64.8 Å². The van der Waals surface area contributed by atoms with Crippen LogP contribution in [0.3, 0.4) is 0 Å². The van der Waals surface area contributed by atoms with Crippen LogP contribution in [0.25, 0.3) is 5.57 Å². The first-order chi connectivity index (χ1) is 9.95. The topological polar surface area (TPSA) is 43.4 Å². The van der Waals surface area contributed by atoms with E-state index in [1.54, 1.807) is 12.1 Å². The van der Waals surface area contributed by atoms with Gasteiger partial charge in [0.2, 0.25) is 9.84 Å². The normalized spacial score (nSPS) is 15.4. The van der Waals surface area contributed by atoms with E-state index in [1.807, 2.05) is 13.0 Å². The lowest BCUT2D eigenvalue weighted by molar-refractivity contribution is 0.369. The second-order valence-corrected chi connectivity index (χ2v) is 6.70. The van der Waals surface area contributed by atoms with Crippen molar-refractivity contribution in [3.63, 3.8) is 0 Å². The van der Waals surface area contributed by atoms with Crippen LogP contribution in [0.2, 0.25) is 0 Å². The van der Waals surface area contributed by atoms with E-state index >= 15 is 0 Å².